The molecule has 0 aromatic heterocycles. The van der Waals surface area contributed by atoms with Gasteiger partial charge in [0.05, 0.1) is 0 Å². The molecule has 1 aromatic rings. The summed E-state index contributed by atoms with van der Waals surface area (Å²) in [6, 6.07) is 6.59. The Morgan fingerprint density at radius 1 is 1.00 bits per heavy atom. The number of hydrogen-bond donors (Lipinski definition) is 0. The minimum absolute atomic E-state index is 0.0665. The third-order valence-corrected chi connectivity index (χ3v) is 3.28. The summed E-state index contributed by atoms with van der Waals surface area (Å²) >= 11 is -0.0665. The molecule has 0 spiro atoms. The van der Waals surface area contributed by atoms with E-state index in [0.717, 1.165) is 18.8 Å². The van der Waals surface area contributed by atoms with E-state index in [9.17, 15) is 13.2 Å². The molecule has 88 valence electrons. The van der Waals surface area contributed by atoms with Crippen molar-refractivity contribution in [2.75, 3.05) is 18.0 Å². The first-order valence-corrected chi connectivity index (χ1v) is 5.97. The van der Waals surface area contributed by atoms with Gasteiger partial charge in [-0.2, -0.15) is 13.2 Å². The van der Waals surface area contributed by atoms with Gasteiger partial charge in [0.15, 0.2) is 0 Å². The average Bonchev–Trinajstić information content (AvgIpc) is 2.69. The highest BCUT2D eigenvalue weighted by Crippen LogP contribution is 2.37. The Bertz CT molecular complexity index is 341. The van der Waals surface area contributed by atoms with E-state index in [2.05, 4.69) is 4.90 Å². The molecule has 0 atom stereocenters. The van der Waals surface area contributed by atoms with Gasteiger partial charge in [0.1, 0.15) is 0 Å². The summed E-state index contributed by atoms with van der Waals surface area (Å²) in [6.45, 7) is 2.01. The molecule has 2 rings (SSSR count). The molecule has 1 nitrogen and oxygen atoms in total. The van der Waals surface area contributed by atoms with Crippen LogP contribution in [0.4, 0.5) is 18.9 Å². The lowest BCUT2D eigenvalue weighted by Gasteiger charge is -2.17. The third kappa shape index (κ3) is 3.07. The van der Waals surface area contributed by atoms with Gasteiger partial charge in [0.25, 0.3) is 0 Å². The van der Waals surface area contributed by atoms with Crippen molar-refractivity contribution in [2.24, 2.45) is 0 Å². The van der Waals surface area contributed by atoms with E-state index in [4.69, 9.17) is 0 Å². The summed E-state index contributed by atoms with van der Waals surface area (Å²) in [5.41, 5.74) is -3.18. The minimum Gasteiger partial charge on any atom is -0.372 e. The fraction of sp³-hybridized carbons (Fsp3) is 0.455. The summed E-state index contributed by atoms with van der Waals surface area (Å²) in [6.07, 6.45) is 2.33. The Morgan fingerprint density at radius 3 is 2.06 bits per heavy atom. The summed E-state index contributed by atoms with van der Waals surface area (Å²) in [5, 5.41) is 0. The number of anilines is 1. The maximum atomic E-state index is 12.1. The van der Waals surface area contributed by atoms with Crippen LogP contribution in [0.1, 0.15) is 12.8 Å². The fourth-order valence-corrected chi connectivity index (χ4v) is 2.37. The first kappa shape index (κ1) is 11.6. The second-order valence-electron chi connectivity index (χ2n) is 3.74. The number of thioether (sulfide) groups is 1. The Labute approximate surface area is 96.6 Å². The van der Waals surface area contributed by atoms with Gasteiger partial charge in [-0.1, -0.05) is 0 Å². The van der Waals surface area contributed by atoms with Crippen molar-refractivity contribution in [1.29, 1.82) is 0 Å². The smallest absolute Gasteiger partial charge is 0.372 e. The first-order chi connectivity index (χ1) is 7.54. The molecule has 0 amide bonds. The van der Waals surface area contributed by atoms with Gasteiger partial charge in [-0.15, -0.1) is 0 Å². The van der Waals surface area contributed by atoms with E-state index >= 15 is 0 Å². The van der Waals surface area contributed by atoms with Crippen molar-refractivity contribution < 1.29 is 13.2 Å². The van der Waals surface area contributed by atoms with Gasteiger partial charge >= 0.3 is 5.51 Å². The molecule has 0 N–H and O–H groups in total. The van der Waals surface area contributed by atoms with Crippen LogP contribution < -0.4 is 4.90 Å². The molecule has 5 heteroatoms. The summed E-state index contributed by atoms with van der Waals surface area (Å²) in [5.74, 6) is 0. The van der Waals surface area contributed by atoms with Crippen LogP contribution in [0, 0.1) is 0 Å². The van der Waals surface area contributed by atoms with Crippen LogP contribution in [0.25, 0.3) is 0 Å². The molecular weight excluding hydrogens is 235 g/mol. The summed E-state index contributed by atoms with van der Waals surface area (Å²) in [4.78, 5) is 2.44. The van der Waals surface area contributed by atoms with E-state index in [1.165, 1.54) is 25.0 Å². The van der Waals surface area contributed by atoms with Gasteiger partial charge in [0, 0.05) is 23.7 Å². The van der Waals surface area contributed by atoms with Gasteiger partial charge in [0.2, 0.25) is 0 Å². The van der Waals surface area contributed by atoms with Crippen molar-refractivity contribution >= 4 is 17.4 Å². The number of nitrogens with zero attached hydrogens (tertiary/aromatic N) is 1. The standard InChI is InChI=1S/C11H12F3NS/c12-11(13,14)16-10-5-3-9(4-6-10)15-7-1-2-8-15/h3-6H,1-2,7-8H2. The molecule has 0 unspecified atom stereocenters. The second-order valence-corrected chi connectivity index (χ2v) is 4.87. The molecule has 1 heterocycles. The SMILES string of the molecule is FC(F)(F)Sc1ccc(N2CCCC2)cc1. The fourth-order valence-electron chi connectivity index (χ4n) is 1.83. The van der Waals surface area contributed by atoms with Crippen LogP contribution in [0.2, 0.25) is 0 Å². The Balaban J connectivity index is 2.04. The summed E-state index contributed by atoms with van der Waals surface area (Å²) in [7, 11) is 0. The van der Waals surface area contributed by atoms with Crippen molar-refractivity contribution in [1.82, 2.24) is 0 Å². The topological polar surface area (TPSA) is 3.24 Å². The first-order valence-electron chi connectivity index (χ1n) is 5.15. The minimum atomic E-state index is -4.20. The molecule has 1 aliphatic heterocycles. The van der Waals surface area contributed by atoms with E-state index in [1.807, 2.05) is 0 Å². The lowest BCUT2D eigenvalue weighted by molar-refractivity contribution is -0.0328. The number of benzene rings is 1. The highest BCUT2D eigenvalue weighted by Gasteiger charge is 2.29. The van der Waals surface area contributed by atoms with E-state index in [0.29, 0.717) is 0 Å². The molecule has 1 aliphatic rings. The van der Waals surface area contributed by atoms with Gasteiger partial charge in [-0.05, 0) is 48.9 Å². The third-order valence-electron chi connectivity index (χ3n) is 2.54. The molecule has 1 saturated heterocycles. The normalized spacial score (nSPS) is 16.8. The van der Waals surface area contributed by atoms with E-state index in [1.54, 1.807) is 12.1 Å². The van der Waals surface area contributed by atoms with Crippen LogP contribution in [0.15, 0.2) is 29.2 Å². The van der Waals surface area contributed by atoms with Crippen LogP contribution >= 0.6 is 11.8 Å². The van der Waals surface area contributed by atoms with Crippen LogP contribution in [0.5, 0.6) is 0 Å². The van der Waals surface area contributed by atoms with Crippen LogP contribution in [-0.4, -0.2) is 18.6 Å². The quantitative estimate of drug-likeness (QED) is 0.729. The Morgan fingerprint density at radius 2 is 1.56 bits per heavy atom. The lowest BCUT2D eigenvalue weighted by atomic mass is 10.3. The van der Waals surface area contributed by atoms with Gasteiger partial charge in [-0.3, -0.25) is 0 Å². The average molecular weight is 247 g/mol. The molecule has 0 aliphatic carbocycles. The largest absolute Gasteiger partial charge is 0.446 e. The zero-order valence-electron chi connectivity index (χ0n) is 8.63. The number of alkyl halides is 3. The van der Waals surface area contributed by atoms with Crippen molar-refractivity contribution in [3.8, 4) is 0 Å². The highest BCUT2D eigenvalue weighted by atomic mass is 32.2. The second kappa shape index (κ2) is 4.57. The zero-order valence-corrected chi connectivity index (χ0v) is 9.44. The summed E-state index contributed by atoms with van der Waals surface area (Å²) < 4.78 is 36.3. The van der Waals surface area contributed by atoms with E-state index < -0.39 is 5.51 Å². The maximum absolute atomic E-state index is 12.1. The molecular formula is C11H12F3NS. The molecule has 16 heavy (non-hydrogen) atoms. The number of hydrogen-bond acceptors (Lipinski definition) is 2. The maximum Gasteiger partial charge on any atom is 0.446 e. The van der Waals surface area contributed by atoms with E-state index in [-0.39, 0.29) is 16.7 Å². The van der Waals surface area contributed by atoms with Gasteiger partial charge in [-0.25, -0.2) is 0 Å². The van der Waals surface area contributed by atoms with Crippen molar-refractivity contribution in [3.05, 3.63) is 24.3 Å². The van der Waals surface area contributed by atoms with Crippen LogP contribution in [0.3, 0.4) is 0 Å². The Kier molecular flexibility index (Phi) is 3.33. The van der Waals surface area contributed by atoms with Crippen molar-refractivity contribution in [3.63, 3.8) is 0 Å². The molecule has 1 fully saturated rings. The lowest BCUT2D eigenvalue weighted by Crippen LogP contribution is -2.17. The molecule has 0 saturated carbocycles. The zero-order chi connectivity index (χ0) is 11.6. The van der Waals surface area contributed by atoms with Crippen molar-refractivity contribution in [2.45, 2.75) is 23.2 Å². The predicted molar refractivity (Wildman–Crippen MR) is 59.8 cm³/mol. The number of halogens is 3. The molecule has 0 bridgehead atoms. The van der Waals surface area contributed by atoms with Crippen LogP contribution in [-0.2, 0) is 0 Å². The number of rotatable bonds is 2. The highest BCUT2D eigenvalue weighted by molar-refractivity contribution is 8.00. The monoisotopic (exact) mass is 247 g/mol. The molecule has 1 aromatic carbocycles. The van der Waals surface area contributed by atoms with Gasteiger partial charge < -0.3 is 4.90 Å². The molecule has 0 radical (unpaired) electrons. The Hall–Kier alpha value is -0.840. The predicted octanol–water partition coefficient (Wildman–Crippen LogP) is 3.90.